The molecule has 0 atom stereocenters. The van der Waals surface area contributed by atoms with Crippen LogP contribution in [-0.2, 0) is 4.79 Å². The average Bonchev–Trinajstić information content (AvgIpc) is 2.27. The number of amides is 1. The number of carbonyl (C=O) groups excluding carboxylic acids is 1. The molecular formula is C7H4N2O. The summed E-state index contributed by atoms with van der Waals surface area (Å²) in [5, 5.41) is 0.813. The lowest BCUT2D eigenvalue weighted by Crippen LogP contribution is -2.23. The fourth-order valence-corrected chi connectivity index (χ4v) is 0.885. The van der Waals surface area contributed by atoms with Crippen LogP contribution < -0.4 is 10.7 Å². The Morgan fingerprint density at radius 2 is 2.30 bits per heavy atom. The van der Waals surface area contributed by atoms with Gasteiger partial charge in [-0.25, -0.2) is 4.98 Å². The first-order valence-corrected chi connectivity index (χ1v) is 2.92. The molecule has 0 unspecified atom stereocenters. The lowest BCUT2D eigenvalue weighted by atomic mass is 10.4. The summed E-state index contributed by atoms with van der Waals surface area (Å²) in [6, 6.07) is 3.60. The van der Waals surface area contributed by atoms with Crippen LogP contribution in [0, 0.1) is 0 Å². The molecule has 2 rings (SSSR count). The molecule has 0 fully saturated rings. The zero-order chi connectivity index (χ0) is 6.97. The third-order valence-corrected chi connectivity index (χ3v) is 1.31. The maximum absolute atomic E-state index is 10.6. The number of hydrogen-bond donors (Lipinski definition) is 0. The van der Waals surface area contributed by atoms with E-state index in [1.54, 1.807) is 12.3 Å². The van der Waals surface area contributed by atoms with Gasteiger partial charge in [0, 0.05) is 17.5 Å². The van der Waals surface area contributed by atoms with Crippen molar-refractivity contribution in [2.24, 2.45) is 4.99 Å². The number of rotatable bonds is 0. The zero-order valence-electron chi connectivity index (χ0n) is 5.11. The van der Waals surface area contributed by atoms with Gasteiger partial charge in [-0.1, -0.05) is 0 Å². The zero-order valence-corrected chi connectivity index (χ0v) is 5.11. The molecule has 48 valence electrons. The Hall–Kier alpha value is -1.51. The van der Waals surface area contributed by atoms with E-state index < -0.39 is 0 Å². The summed E-state index contributed by atoms with van der Waals surface area (Å²) in [7, 11) is 0. The van der Waals surface area contributed by atoms with Crippen molar-refractivity contribution in [3.63, 3.8) is 0 Å². The molecule has 0 N–H and O–H groups in total. The first-order chi connectivity index (χ1) is 4.86. The maximum Gasteiger partial charge on any atom is 0.272 e. The van der Waals surface area contributed by atoms with E-state index >= 15 is 0 Å². The number of carbonyl (C=O) groups is 1. The van der Waals surface area contributed by atoms with Crippen LogP contribution in [0.4, 0.5) is 0 Å². The first-order valence-electron chi connectivity index (χ1n) is 2.92. The minimum Gasteiger partial charge on any atom is -0.267 e. The fraction of sp³-hybridized carbons (Fsp3) is 0. The fourth-order valence-electron chi connectivity index (χ4n) is 0.885. The second-order valence-corrected chi connectivity index (χ2v) is 2.01. The molecule has 0 saturated heterocycles. The van der Waals surface area contributed by atoms with Crippen molar-refractivity contribution in [3.8, 4) is 0 Å². The smallest absolute Gasteiger partial charge is 0.267 e. The van der Waals surface area contributed by atoms with Crippen molar-refractivity contribution < 1.29 is 4.79 Å². The summed E-state index contributed by atoms with van der Waals surface area (Å²) in [5.41, 5.74) is 0.535. The highest BCUT2D eigenvalue weighted by molar-refractivity contribution is 6.06. The number of hydrogen-bond acceptors (Lipinski definition) is 2. The van der Waals surface area contributed by atoms with Crippen LogP contribution in [-0.4, -0.2) is 10.9 Å². The molecule has 1 amide bonds. The summed E-state index contributed by atoms with van der Waals surface area (Å²) in [6.45, 7) is 0. The summed E-state index contributed by atoms with van der Waals surface area (Å²) in [4.78, 5) is 18.2. The summed E-state index contributed by atoms with van der Waals surface area (Å²) in [5.74, 6) is -0.214. The number of nitrogens with zero attached hydrogens (tertiary/aromatic N) is 2. The summed E-state index contributed by atoms with van der Waals surface area (Å²) in [6.07, 6.45) is 3.09. The van der Waals surface area contributed by atoms with Crippen LogP contribution in [0.15, 0.2) is 23.3 Å². The van der Waals surface area contributed by atoms with Gasteiger partial charge in [0.25, 0.3) is 5.91 Å². The molecule has 3 heteroatoms. The Bertz CT molecular complexity index is 357. The van der Waals surface area contributed by atoms with Gasteiger partial charge < -0.3 is 0 Å². The third-order valence-electron chi connectivity index (χ3n) is 1.31. The standard InChI is InChI=1S/C7H4N2O/c10-6-4-5-2-1-3-8-7(5)9-6/h1-4H. The largest absolute Gasteiger partial charge is 0.272 e. The Kier molecular flexibility index (Phi) is 0.917. The van der Waals surface area contributed by atoms with Gasteiger partial charge in [-0.2, -0.15) is 4.99 Å². The predicted octanol–water partition coefficient (Wildman–Crippen LogP) is -0.978. The second kappa shape index (κ2) is 1.73. The molecule has 1 aliphatic heterocycles. The maximum atomic E-state index is 10.6. The quantitative estimate of drug-likeness (QED) is 0.455. The topological polar surface area (TPSA) is 42.3 Å². The minimum atomic E-state index is -0.214. The van der Waals surface area contributed by atoms with E-state index in [-0.39, 0.29) is 5.91 Å². The Morgan fingerprint density at radius 3 is 3.10 bits per heavy atom. The van der Waals surface area contributed by atoms with E-state index in [1.807, 2.05) is 6.07 Å². The van der Waals surface area contributed by atoms with Crippen molar-refractivity contribution in [1.82, 2.24) is 4.98 Å². The highest BCUT2D eigenvalue weighted by Gasteiger charge is 2.00. The average molecular weight is 132 g/mol. The summed E-state index contributed by atoms with van der Waals surface area (Å²) < 4.78 is 0. The van der Waals surface area contributed by atoms with Crippen molar-refractivity contribution >= 4 is 12.0 Å². The monoisotopic (exact) mass is 132 g/mol. The summed E-state index contributed by atoms with van der Waals surface area (Å²) >= 11 is 0. The van der Waals surface area contributed by atoms with Crippen LogP contribution in [0.3, 0.4) is 0 Å². The van der Waals surface area contributed by atoms with Crippen LogP contribution in [0.1, 0.15) is 0 Å². The Labute approximate surface area is 56.7 Å². The van der Waals surface area contributed by atoms with Gasteiger partial charge in [-0.15, -0.1) is 0 Å². The van der Waals surface area contributed by atoms with Gasteiger partial charge >= 0.3 is 0 Å². The molecule has 0 aromatic carbocycles. The van der Waals surface area contributed by atoms with Crippen molar-refractivity contribution in [2.75, 3.05) is 0 Å². The molecule has 10 heavy (non-hydrogen) atoms. The van der Waals surface area contributed by atoms with Crippen LogP contribution in [0.25, 0.3) is 6.08 Å². The Morgan fingerprint density at radius 1 is 1.40 bits per heavy atom. The van der Waals surface area contributed by atoms with E-state index in [0.29, 0.717) is 5.49 Å². The predicted molar refractivity (Wildman–Crippen MR) is 34.5 cm³/mol. The molecular weight excluding hydrogens is 128 g/mol. The molecule has 0 bridgehead atoms. The lowest BCUT2D eigenvalue weighted by Gasteiger charge is -1.76. The SMILES string of the molecule is O=C1C=c2cccnc2=N1. The van der Waals surface area contributed by atoms with E-state index in [2.05, 4.69) is 9.98 Å². The molecule has 1 aromatic heterocycles. The second-order valence-electron chi connectivity index (χ2n) is 2.01. The molecule has 2 heterocycles. The van der Waals surface area contributed by atoms with Crippen molar-refractivity contribution in [1.29, 1.82) is 0 Å². The van der Waals surface area contributed by atoms with Gasteiger partial charge in [-0.3, -0.25) is 4.79 Å². The molecule has 1 aromatic rings. The van der Waals surface area contributed by atoms with E-state index in [9.17, 15) is 4.79 Å². The van der Waals surface area contributed by atoms with E-state index in [1.165, 1.54) is 6.08 Å². The molecule has 0 spiro atoms. The third kappa shape index (κ3) is 0.639. The lowest BCUT2D eigenvalue weighted by molar-refractivity contribution is -0.112. The minimum absolute atomic E-state index is 0.214. The van der Waals surface area contributed by atoms with Gasteiger partial charge in [0.2, 0.25) is 0 Å². The van der Waals surface area contributed by atoms with Crippen LogP contribution in [0.2, 0.25) is 0 Å². The van der Waals surface area contributed by atoms with Gasteiger partial charge in [0.15, 0.2) is 5.49 Å². The Balaban J connectivity index is 2.96. The highest BCUT2D eigenvalue weighted by Crippen LogP contribution is 1.79. The van der Waals surface area contributed by atoms with Crippen LogP contribution >= 0.6 is 0 Å². The molecule has 0 aliphatic carbocycles. The van der Waals surface area contributed by atoms with Gasteiger partial charge in [0.1, 0.15) is 0 Å². The number of aromatic nitrogens is 1. The number of fused-ring (bicyclic) bond motifs is 1. The first kappa shape index (κ1) is 5.29. The normalized spacial score (nSPS) is 13.8. The molecule has 0 radical (unpaired) electrons. The van der Waals surface area contributed by atoms with E-state index in [0.717, 1.165) is 5.22 Å². The van der Waals surface area contributed by atoms with Crippen molar-refractivity contribution in [3.05, 3.63) is 29.0 Å². The molecule has 3 nitrogen and oxygen atoms in total. The number of pyridine rings is 1. The van der Waals surface area contributed by atoms with Crippen molar-refractivity contribution in [2.45, 2.75) is 0 Å². The van der Waals surface area contributed by atoms with Crippen LogP contribution in [0.5, 0.6) is 0 Å². The van der Waals surface area contributed by atoms with Gasteiger partial charge in [0.05, 0.1) is 0 Å². The van der Waals surface area contributed by atoms with E-state index in [4.69, 9.17) is 0 Å². The molecule has 1 aliphatic rings. The molecule has 0 saturated carbocycles. The highest BCUT2D eigenvalue weighted by atomic mass is 16.1. The van der Waals surface area contributed by atoms with Gasteiger partial charge in [-0.05, 0) is 12.1 Å².